The van der Waals surface area contributed by atoms with Crippen molar-refractivity contribution in [1.82, 2.24) is 10.3 Å². The van der Waals surface area contributed by atoms with Crippen molar-refractivity contribution in [3.05, 3.63) is 47.7 Å². The number of methoxy groups -OCH3 is 2. The van der Waals surface area contributed by atoms with Crippen LogP contribution in [0.3, 0.4) is 0 Å². The van der Waals surface area contributed by atoms with Crippen LogP contribution in [0.5, 0.6) is 11.5 Å². The molecule has 6 heteroatoms. The quantitative estimate of drug-likeness (QED) is 0.827. The predicted octanol–water partition coefficient (Wildman–Crippen LogP) is 2.67. The number of hydrogen-bond donors (Lipinski definition) is 1. The van der Waals surface area contributed by atoms with E-state index in [2.05, 4.69) is 15.2 Å². The van der Waals surface area contributed by atoms with E-state index in [0.717, 1.165) is 24.5 Å². The van der Waals surface area contributed by atoms with Crippen molar-refractivity contribution in [2.24, 2.45) is 0 Å². The van der Waals surface area contributed by atoms with Gasteiger partial charge in [0.25, 0.3) is 5.91 Å². The van der Waals surface area contributed by atoms with Crippen LogP contribution in [0.1, 0.15) is 28.9 Å². The summed E-state index contributed by atoms with van der Waals surface area (Å²) in [6.07, 6.45) is 3.07. The van der Waals surface area contributed by atoms with Crippen molar-refractivity contribution in [3.63, 3.8) is 0 Å². The number of anilines is 1. The van der Waals surface area contributed by atoms with Gasteiger partial charge in [-0.15, -0.1) is 0 Å². The summed E-state index contributed by atoms with van der Waals surface area (Å²) in [5.41, 5.74) is 1.53. The summed E-state index contributed by atoms with van der Waals surface area (Å²) in [7, 11) is 3.23. The monoisotopic (exact) mass is 355 g/mol. The molecule has 1 aliphatic rings. The molecule has 1 N–H and O–H groups in total. The molecule has 0 saturated carbocycles. The second kappa shape index (κ2) is 8.56. The summed E-state index contributed by atoms with van der Waals surface area (Å²) >= 11 is 0. The second-order valence-electron chi connectivity index (χ2n) is 6.27. The third-order valence-corrected chi connectivity index (χ3v) is 4.54. The number of carbonyl (C=O) groups excluding carboxylic acids is 1. The smallest absolute Gasteiger partial charge is 0.269 e. The number of nitrogens with zero attached hydrogens (tertiary/aromatic N) is 2. The molecule has 1 amide bonds. The zero-order chi connectivity index (χ0) is 18.4. The topological polar surface area (TPSA) is 63.7 Å². The fourth-order valence-corrected chi connectivity index (χ4v) is 3.12. The Morgan fingerprint density at radius 3 is 2.62 bits per heavy atom. The van der Waals surface area contributed by atoms with Gasteiger partial charge in [0.15, 0.2) is 11.5 Å². The summed E-state index contributed by atoms with van der Waals surface area (Å²) in [5.74, 6) is 2.13. The summed E-state index contributed by atoms with van der Waals surface area (Å²) in [6.45, 7) is 2.55. The third-order valence-electron chi connectivity index (χ3n) is 4.54. The highest BCUT2D eigenvalue weighted by molar-refractivity contribution is 5.92. The molecule has 0 bridgehead atoms. The molecule has 1 aliphatic heterocycles. The van der Waals surface area contributed by atoms with Crippen LogP contribution in [0.4, 0.5) is 5.82 Å². The number of pyridine rings is 1. The van der Waals surface area contributed by atoms with Crippen LogP contribution >= 0.6 is 0 Å². The Kier molecular flexibility index (Phi) is 5.94. The van der Waals surface area contributed by atoms with E-state index >= 15 is 0 Å². The first kappa shape index (κ1) is 18.0. The van der Waals surface area contributed by atoms with E-state index in [1.807, 2.05) is 30.3 Å². The molecule has 1 aromatic heterocycles. The third kappa shape index (κ3) is 4.25. The molecule has 3 rings (SSSR count). The Morgan fingerprint density at radius 1 is 1.12 bits per heavy atom. The number of nitrogens with one attached hydrogen (secondary N) is 1. The van der Waals surface area contributed by atoms with E-state index in [-0.39, 0.29) is 5.91 Å². The maximum Gasteiger partial charge on any atom is 0.269 e. The molecular formula is C20H25N3O3. The first-order chi connectivity index (χ1) is 12.7. The average Bonchev–Trinajstić information content (AvgIpc) is 3.22. The highest BCUT2D eigenvalue weighted by Crippen LogP contribution is 2.27. The molecule has 138 valence electrons. The SMILES string of the molecule is COc1ccc(CCNC(=O)c2cccc(N3CCCC3)n2)cc1OC. The lowest BCUT2D eigenvalue weighted by Crippen LogP contribution is -2.27. The van der Waals surface area contributed by atoms with Crippen molar-refractivity contribution in [3.8, 4) is 11.5 Å². The average molecular weight is 355 g/mol. The minimum absolute atomic E-state index is 0.147. The zero-order valence-electron chi connectivity index (χ0n) is 15.3. The van der Waals surface area contributed by atoms with Crippen LogP contribution in [-0.4, -0.2) is 44.7 Å². The first-order valence-electron chi connectivity index (χ1n) is 8.92. The van der Waals surface area contributed by atoms with Gasteiger partial charge in [-0.25, -0.2) is 4.98 Å². The van der Waals surface area contributed by atoms with Crippen molar-refractivity contribution in [2.75, 3.05) is 38.8 Å². The van der Waals surface area contributed by atoms with E-state index in [4.69, 9.17) is 9.47 Å². The Morgan fingerprint density at radius 2 is 1.88 bits per heavy atom. The van der Waals surface area contributed by atoms with Crippen LogP contribution in [0.2, 0.25) is 0 Å². The minimum atomic E-state index is -0.147. The van der Waals surface area contributed by atoms with Gasteiger partial charge in [-0.05, 0) is 49.1 Å². The number of hydrogen-bond acceptors (Lipinski definition) is 5. The molecule has 6 nitrogen and oxygen atoms in total. The lowest BCUT2D eigenvalue weighted by molar-refractivity contribution is 0.0949. The molecule has 1 saturated heterocycles. The van der Waals surface area contributed by atoms with Crippen LogP contribution in [0.25, 0.3) is 0 Å². The first-order valence-corrected chi connectivity index (χ1v) is 8.92. The maximum atomic E-state index is 12.4. The van der Waals surface area contributed by atoms with Crippen molar-refractivity contribution < 1.29 is 14.3 Å². The fraction of sp³-hybridized carbons (Fsp3) is 0.400. The number of rotatable bonds is 7. The lowest BCUT2D eigenvalue weighted by atomic mass is 10.1. The van der Waals surface area contributed by atoms with E-state index in [0.29, 0.717) is 30.2 Å². The number of amides is 1. The van der Waals surface area contributed by atoms with Crippen LogP contribution in [0, 0.1) is 0 Å². The number of ether oxygens (including phenoxy) is 2. The Bertz CT molecular complexity index is 758. The van der Waals surface area contributed by atoms with E-state index in [1.54, 1.807) is 20.3 Å². The summed E-state index contributed by atoms with van der Waals surface area (Å²) in [4.78, 5) is 19.1. The van der Waals surface area contributed by atoms with Gasteiger partial charge < -0.3 is 19.7 Å². The molecule has 2 heterocycles. The second-order valence-corrected chi connectivity index (χ2v) is 6.27. The molecule has 0 spiro atoms. The van der Waals surface area contributed by atoms with Crippen molar-refractivity contribution >= 4 is 11.7 Å². The van der Waals surface area contributed by atoms with Gasteiger partial charge in [0, 0.05) is 19.6 Å². The van der Waals surface area contributed by atoms with Gasteiger partial charge >= 0.3 is 0 Å². The van der Waals surface area contributed by atoms with Gasteiger partial charge in [-0.1, -0.05) is 12.1 Å². The lowest BCUT2D eigenvalue weighted by Gasteiger charge is -2.16. The molecule has 1 fully saturated rings. The standard InChI is InChI=1S/C20H25N3O3/c1-25-17-9-8-15(14-18(17)26-2)10-11-21-20(24)16-6-5-7-19(22-16)23-12-3-4-13-23/h5-9,14H,3-4,10-13H2,1-2H3,(H,21,24). The van der Waals surface area contributed by atoms with E-state index < -0.39 is 0 Å². The number of aromatic nitrogens is 1. The molecular weight excluding hydrogens is 330 g/mol. The molecule has 0 atom stereocenters. The van der Waals surface area contributed by atoms with Gasteiger partial charge in [-0.2, -0.15) is 0 Å². The predicted molar refractivity (Wildman–Crippen MR) is 101 cm³/mol. The minimum Gasteiger partial charge on any atom is -0.493 e. The van der Waals surface area contributed by atoms with E-state index in [1.165, 1.54) is 12.8 Å². The molecule has 0 aliphatic carbocycles. The number of carbonyl (C=O) groups is 1. The summed E-state index contributed by atoms with van der Waals surface area (Å²) < 4.78 is 10.5. The van der Waals surface area contributed by atoms with Crippen LogP contribution < -0.4 is 19.7 Å². The summed E-state index contributed by atoms with van der Waals surface area (Å²) in [6, 6.07) is 11.4. The summed E-state index contributed by atoms with van der Waals surface area (Å²) in [5, 5.41) is 2.94. The Hall–Kier alpha value is -2.76. The number of benzene rings is 1. The Balaban J connectivity index is 1.56. The highest BCUT2D eigenvalue weighted by Gasteiger charge is 2.15. The molecule has 26 heavy (non-hydrogen) atoms. The maximum absolute atomic E-state index is 12.4. The zero-order valence-corrected chi connectivity index (χ0v) is 15.3. The largest absolute Gasteiger partial charge is 0.493 e. The van der Waals surface area contributed by atoms with Crippen molar-refractivity contribution in [2.45, 2.75) is 19.3 Å². The van der Waals surface area contributed by atoms with Gasteiger partial charge in [0.05, 0.1) is 14.2 Å². The van der Waals surface area contributed by atoms with Crippen LogP contribution in [0.15, 0.2) is 36.4 Å². The molecule has 0 unspecified atom stereocenters. The fourth-order valence-electron chi connectivity index (χ4n) is 3.12. The van der Waals surface area contributed by atoms with Gasteiger partial charge in [0.1, 0.15) is 11.5 Å². The molecule has 0 radical (unpaired) electrons. The Labute approximate surface area is 154 Å². The molecule has 2 aromatic rings. The van der Waals surface area contributed by atoms with Crippen molar-refractivity contribution in [1.29, 1.82) is 0 Å². The highest BCUT2D eigenvalue weighted by atomic mass is 16.5. The van der Waals surface area contributed by atoms with Gasteiger partial charge in [-0.3, -0.25) is 4.79 Å². The molecule has 1 aromatic carbocycles. The van der Waals surface area contributed by atoms with E-state index in [9.17, 15) is 4.79 Å². The van der Waals surface area contributed by atoms with Gasteiger partial charge in [0.2, 0.25) is 0 Å². The normalized spacial score (nSPS) is 13.5. The van der Waals surface area contributed by atoms with Crippen LogP contribution in [-0.2, 0) is 6.42 Å².